The summed E-state index contributed by atoms with van der Waals surface area (Å²) < 4.78 is 0. The van der Waals surface area contributed by atoms with Crippen LogP contribution in [0.4, 0.5) is 11.5 Å². The number of nitrogens with zero attached hydrogens (tertiary/aromatic N) is 2. The van der Waals surface area contributed by atoms with Gasteiger partial charge in [-0.15, -0.1) is 0 Å². The highest BCUT2D eigenvalue weighted by Crippen LogP contribution is 2.22. The van der Waals surface area contributed by atoms with Crippen molar-refractivity contribution < 1.29 is 9.90 Å². The second-order valence-corrected chi connectivity index (χ2v) is 6.31. The predicted molar refractivity (Wildman–Crippen MR) is 106 cm³/mol. The van der Waals surface area contributed by atoms with Crippen LogP contribution in [0.25, 0.3) is 11.3 Å². The first-order valence-electron chi connectivity index (χ1n) is 8.84. The molecule has 1 aromatic heterocycles. The van der Waals surface area contributed by atoms with Gasteiger partial charge in [0.05, 0.1) is 24.0 Å². The van der Waals surface area contributed by atoms with Crippen molar-refractivity contribution in [3.63, 3.8) is 0 Å². The number of aromatic nitrogens is 2. The molecule has 0 aliphatic heterocycles. The number of phenols is 1. The molecule has 0 radical (unpaired) electrons. The number of carbonyl (C=O) groups is 1. The van der Waals surface area contributed by atoms with Gasteiger partial charge in [-0.1, -0.05) is 37.6 Å². The van der Waals surface area contributed by atoms with Crippen molar-refractivity contribution in [3.8, 4) is 17.0 Å². The van der Waals surface area contributed by atoms with Gasteiger partial charge in [0, 0.05) is 11.3 Å². The maximum atomic E-state index is 12.4. The van der Waals surface area contributed by atoms with E-state index in [1.807, 2.05) is 24.3 Å². The maximum Gasteiger partial charge on any atom is 0.229 e. The first-order valence-corrected chi connectivity index (χ1v) is 8.84. The molecule has 0 fully saturated rings. The molecular formula is C21H22N4O2. The fourth-order valence-corrected chi connectivity index (χ4v) is 2.71. The second-order valence-electron chi connectivity index (χ2n) is 6.31. The van der Waals surface area contributed by atoms with Gasteiger partial charge in [-0.25, -0.2) is 9.97 Å². The molecule has 0 bridgehead atoms. The Morgan fingerprint density at radius 2 is 1.81 bits per heavy atom. The van der Waals surface area contributed by atoms with E-state index < -0.39 is 0 Å². The number of nitrogens with two attached hydrogens (primary N) is 1. The first kappa shape index (κ1) is 18.4. The number of aromatic hydroxyl groups is 1. The third-order valence-corrected chi connectivity index (χ3v) is 4.10. The first-order chi connectivity index (χ1) is 13.0. The van der Waals surface area contributed by atoms with Crippen molar-refractivity contribution in [1.82, 2.24) is 9.97 Å². The Balaban J connectivity index is 1.78. The van der Waals surface area contributed by atoms with E-state index in [9.17, 15) is 9.90 Å². The van der Waals surface area contributed by atoms with Crippen molar-refractivity contribution in [3.05, 3.63) is 66.0 Å². The second kappa shape index (κ2) is 8.31. The van der Waals surface area contributed by atoms with Gasteiger partial charge in [0.15, 0.2) is 5.82 Å². The van der Waals surface area contributed by atoms with E-state index in [4.69, 9.17) is 5.73 Å². The van der Waals surface area contributed by atoms with Crippen LogP contribution in [-0.4, -0.2) is 21.0 Å². The number of phenolic OH excluding ortho intramolecular Hbond substituents is 1. The standard InChI is InChI=1S/C21H22N4O2/c1-2-3-18-21(25-20(27)12-14-4-10-17(26)11-5-14)23-13-19(24-18)15-6-8-16(22)9-7-15/h4-11,13,26H,2-3,12,22H2,1H3,(H,23,25,27). The molecule has 2 aromatic carbocycles. The Kier molecular flexibility index (Phi) is 5.66. The molecule has 0 atom stereocenters. The largest absolute Gasteiger partial charge is 0.508 e. The number of hydrogen-bond donors (Lipinski definition) is 3. The summed E-state index contributed by atoms with van der Waals surface area (Å²) in [5.41, 5.74) is 9.67. The Labute approximate surface area is 158 Å². The van der Waals surface area contributed by atoms with E-state index in [0.29, 0.717) is 17.9 Å². The van der Waals surface area contributed by atoms with Crippen LogP contribution in [0.2, 0.25) is 0 Å². The van der Waals surface area contributed by atoms with E-state index in [-0.39, 0.29) is 18.1 Å². The molecule has 3 rings (SSSR count). The van der Waals surface area contributed by atoms with E-state index >= 15 is 0 Å². The molecule has 6 heteroatoms. The molecule has 4 N–H and O–H groups in total. The number of rotatable bonds is 6. The molecule has 0 aliphatic rings. The van der Waals surface area contributed by atoms with E-state index in [2.05, 4.69) is 22.2 Å². The summed E-state index contributed by atoms with van der Waals surface area (Å²) in [6, 6.07) is 14.0. The topological polar surface area (TPSA) is 101 Å². The van der Waals surface area contributed by atoms with E-state index in [1.54, 1.807) is 30.5 Å². The zero-order valence-corrected chi connectivity index (χ0v) is 15.1. The molecule has 6 nitrogen and oxygen atoms in total. The van der Waals surface area contributed by atoms with Crippen LogP contribution < -0.4 is 11.1 Å². The molecule has 0 spiro atoms. The molecule has 138 valence electrons. The molecule has 0 unspecified atom stereocenters. The molecule has 0 saturated heterocycles. The lowest BCUT2D eigenvalue weighted by atomic mass is 10.1. The van der Waals surface area contributed by atoms with Crippen molar-refractivity contribution >= 4 is 17.4 Å². The van der Waals surface area contributed by atoms with Crippen LogP contribution in [0.5, 0.6) is 5.75 Å². The highest BCUT2D eigenvalue weighted by atomic mass is 16.3. The fourth-order valence-electron chi connectivity index (χ4n) is 2.71. The van der Waals surface area contributed by atoms with Gasteiger partial charge in [-0.3, -0.25) is 4.79 Å². The van der Waals surface area contributed by atoms with Crippen LogP contribution in [0.15, 0.2) is 54.7 Å². The van der Waals surface area contributed by atoms with Gasteiger partial charge in [0.25, 0.3) is 0 Å². The smallest absolute Gasteiger partial charge is 0.229 e. The molecule has 1 heterocycles. The van der Waals surface area contributed by atoms with Gasteiger partial charge >= 0.3 is 0 Å². The Bertz CT molecular complexity index is 922. The van der Waals surface area contributed by atoms with Crippen molar-refractivity contribution in [2.24, 2.45) is 0 Å². The maximum absolute atomic E-state index is 12.4. The number of hydrogen-bond acceptors (Lipinski definition) is 5. The predicted octanol–water partition coefficient (Wildman–Crippen LogP) is 3.57. The number of amides is 1. The number of nitrogen functional groups attached to an aromatic ring is 1. The van der Waals surface area contributed by atoms with Crippen LogP contribution >= 0.6 is 0 Å². The van der Waals surface area contributed by atoms with Crippen LogP contribution in [0.3, 0.4) is 0 Å². The Morgan fingerprint density at radius 1 is 1.11 bits per heavy atom. The highest BCUT2D eigenvalue weighted by molar-refractivity contribution is 5.92. The summed E-state index contributed by atoms with van der Waals surface area (Å²) in [4.78, 5) is 21.5. The Morgan fingerprint density at radius 3 is 2.48 bits per heavy atom. The normalized spacial score (nSPS) is 10.6. The van der Waals surface area contributed by atoms with Gasteiger partial charge in [0.1, 0.15) is 5.75 Å². The SMILES string of the molecule is CCCc1nc(-c2ccc(N)cc2)cnc1NC(=O)Cc1ccc(O)cc1. The summed E-state index contributed by atoms with van der Waals surface area (Å²) in [6.45, 7) is 2.06. The zero-order valence-electron chi connectivity index (χ0n) is 15.1. The lowest BCUT2D eigenvalue weighted by molar-refractivity contribution is -0.115. The average molecular weight is 362 g/mol. The average Bonchev–Trinajstić information content (AvgIpc) is 2.66. The van der Waals surface area contributed by atoms with Gasteiger partial charge in [-0.2, -0.15) is 0 Å². The lowest BCUT2D eigenvalue weighted by Gasteiger charge is -2.11. The molecule has 0 aliphatic carbocycles. The summed E-state index contributed by atoms with van der Waals surface area (Å²) in [7, 11) is 0. The molecule has 1 amide bonds. The van der Waals surface area contributed by atoms with Crippen LogP contribution in [0.1, 0.15) is 24.6 Å². The number of carbonyl (C=O) groups excluding carboxylic acids is 1. The minimum absolute atomic E-state index is 0.174. The summed E-state index contributed by atoms with van der Waals surface area (Å²) in [5, 5.41) is 12.2. The monoisotopic (exact) mass is 362 g/mol. The van der Waals surface area contributed by atoms with Crippen LogP contribution in [-0.2, 0) is 17.6 Å². The van der Waals surface area contributed by atoms with Crippen molar-refractivity contribution in [2.45, 2.75) is 26.2 Å². The van der Waals surface area contributed by atoms with E-state index in [0.717, 1.165) is 28.9 Å². The number of anilines is 2. The quantitative estimate of drug-likeness (QED) is 0.582. The van der Waals surface area contributed by atoms with Crippen molar-refractivity contribution in [1.29, 1.82) is 0 Å². The van der Waals surface area contributed by atoms with Gasteiger partial charge in [0.2, 0.25) is 5.91 Å². The summed E-state index contributed by atoms with van der Waals surface area (Å²) >= 11 is 0. The molecule has 0 saturated carbocycles. The lowest BCUT2D eigenvalue weighted by Crippen LogP contribution is -2.17. The minimum atomic E-state index is -0.174. The summed E-state index contributed by atoms with van der Waals surface area (Å²) in [5.74, 6) is 0.487. The molecule has 3 aromatic rings. The zero-order chi connectivity index (χ0) is 19.2. The van der Waals surface area contributed by atoms with Gasteiger partial charge < -0.3 is 16.2 Å². The fraction of sp³-hybridized carbons (Fsp3) is 0.190. The number of benzene rings is 2. The third-order valence-electron chi connectivity index (χ3n) is 4.10. The van der Waals surface area contributed by atoms with Crippen molar-refractivity contribution in [2.75, 3.05) is 11.1 Å². The van der Waals surface area contributed by atoms with E-state index in [1.165, 1.54) is 0 Å². The highest BCUT2D eigenvalue weighted by Gasteiger charge is 2.12. The minimum Gasteiger partial charge on any atom is -0.508 e. The molecule has 27 heavy (non-hydrogen) atoms. The Hall–Kier alpha value is -3.41. The van der Waals surface area contributed by atoms with Gasteiger partial charge in [-0.05, 0) is 36.2 Å². The third kappa shape index (κ3) is 4.82. The van der Waals surface area contributed by atoms with Crippen LogP contribution in [0, 0.1) is 0 Å². The number of aryl methyl sites for hydroxylation is 1. The summed E-state index contributed by atoms with van der Waals surface area (Å²) in [6.07, 6.45) is 3.46. The number of nitrogens with one attached hydrogen (secondary N) is 1. The molecular weight excluding hydrogens is 340 g/mol.